The van der Waals surface area contributed by atoms with Gasteiger partial charge in [-0.2, -0.15) is 8.42 Å². The Morgan fingerprint density at radius 2 is 2.12 bits per heavy atom. The van der Waals surface area contributed by atoms with E-state index < -0.39 is 10.3 Å². The molecule has 0 amide bonds. The van der Waals surface area contributed by atoms with E-state index in [-0.39, 0.29) is 5.92 Å². The van der Waals surface area contributed by atoms with E-state index in [1.54, 1.807) is 0 Å². The summed E-state index contributed by atoms with van der Waals surface area (Å²) in [6.07, 6.45) is 0.883. The monoisotopic (exact) mass is 134 g/mol. The first kappa shape index (κ1) is 7.69. The Morgan fingerprint density at radius 1 is 1.62 bits per heavy atom. The quantitative estimate of drug-likeness (QED) is 0.521. The summed E-state index contributed by atoms with van der Waals surface area (Å²) in [5.74, 6) is 0.188. The summed E-state index contributed by atoms with van der Waals surface area (Å²) in [7, 11) is -1.97. The third-order valence-electron chi connectivity index (χ3n) is 0.987. The molecule has 0 aromatic rings. The van der Waals surface area contributed by atoms with E-state index in [4.69, 9.17) is 0 Å². The molecule has 3 heteroatoms. The Labute approximate surface area is 51.1 Å². The van der Waals surface area contributed by atoms with Crippen molar-refractivity contribution in [2.24, 2.45) is 5.92 Å². The highest BCUT2D eigenvalue weighted by atomic mass is 32.2. The molecular formula is C5H10O2S. The summed E-state index contributed by atoms with van der Waals surface area (Å²) in [6, 6.07) is 0. The van der Waals surface area contributed by atoms with Crippen molar-refractivity contribution in [3.63, 3.8) is 0 Å². The minimum atomic E-state index is -1.97. The van der Waals surface area contributed by atoms with Crippen LogP contribution in [0, 0.1) is 5.92 Å². The highest BCUT2D eigenvalue weighted by molar-refractivity contribution is 7.71. The van der Waals surface area contributed by atoms with E-state index in [0.29, 0.717) is 0 Å². The molecule has 0 bridgehead atoms. The minimum absolute atomic E-state index is 0.188. The van der Waals surface area contributed by atoms with Gasteiger partial charge in [-0.15, -0.1) is 0 Å². The molecule has 0 aromatic carbocycles. The van der Waals surface area contributed by atoms with Crippen LogP contribution < -0.4 is 0 Å². The fraction of sp³-hybridized carbons (Fsp3) is 0.800. The lowest BCUT2D eigenvalue weighted by Crippen LogP contribution is -1.92. The van der Waals surface area contributed by atoms with Gasteiger partial charge >= 0.3 is 0 Å². The van der Waals surface area contributed by atoms with Crippen LogP contribution in [0.5, 0.6) is 0 Å². The third kappa shape index (κ3) is 3.87. The average molecular weight is 134 g/mol. The van der Waals surface area contributed by atoms with Crippen molar-refractivity contribution in [3.05, 3.63) is 0 Å². The Morgan fingerprint density at radius 3 is 2.25 bits per heavy atom. The van der Waals surface area contributed by atoms with Crippen LogP contribution in [0.1, 0.15) is 20.3 Å². The van der Waals surface area contributed by atoms with Crippen molar-refractivity contribution in [2.45, 2.75) is 20.3 Å². The molecule has 0 N–H and O–H groups in total. The zero-order valence-electron chi connectivity index (χ0n) is 5.09. The summed E-state index contributed by atoms with van der Waals surface area (Å²) in [5.41, 5.74) is 0. The molecule has 0 aliphatic heterocycles. The molecule has 0 spiro atoms. The average Bonchev–Trinajstić information content (AvgIpc) is 1.65. The molecule has 0 radical (unpaired) electrons. The van der Waals surface area contributed by atoms with E-state index in [9.17, 15) is 8.42 Å². The maximum absolute atomic E-state index is 9.91. The lowest BCUT2D eigenvalue weighted by molar-refractivity contribution is 0.626. The Kier molecular flexibility index (Phi) is 3.52. The van der Waals surface area contributed by atoms with Gasteiger partial charge in [-0.25, -0.2) is 0 Å². The number of rotatable bonds is 2. The highest BCUT2D eigenvalue weighted by Crippen LogP contribution is 1.92. The molecule has 1 unspecified atom stereocenters. The van der Waals surface area contributed by atoms with Gasteiger partial charge in [0, 0.05) is 5.37 Å². The van der Waals surface area contributed by atoms with Crippen LogP contribution in [0.25, 0.3) is 0 Å². The van der Waals surface area contributed by atoms with Crippen LogP contribution in [0.3, 0.4) is 0 Å². The smallest absolute Gasteiger partial charge is 0.185 e. The van der Waals surface area contributed by atoms with Crippen molar-refractivity contribution in [1.82, 2.24) is 0 Å². The highest BCUT2D eigenvalue weighted by Gasteiger charge is 1.90. The second-order valence-electron chi connectivity index (χ2n) is 1.78. The van der Waals surface area contributed by atoms with Crippen LogP contribution in [0.15, 0.2) is 0 Å². The zero-order chi connectivity index (χ0) is 6.57. The topological polar surface area (TPSA) is 34.1 Å². The number of hydrogen-bond acceptors (Lipinski definition) is 2. The van der Waals surface area contributed by atoms with Crippen molar-refractivity contribution < 1.29 is 8.42 Å². The first-order valence-corrected chi connectivity index (χ1v) is 3.73. The molecule has 0 aliphatic carbocycles. The first-order valence-electron chi connectivity index (χ1n) is 2.60. The van der Waals surface area contributed by atoms with E-state index in [2.05, 4.69) is 0 Å². The van der Waals surface area contributed by atoms with Crippen LogP contribution >= 0.6 is 0 Å². The summed E-state index contributed by atoms with van der Waals surface area (Å²) in [4.78, 5) is 0. The van der Waals surface area contributed by atoms with Gasteiger partial charge in [0.05, 0.1) is 0 Å². The molecule has 0 fully saturated rings. The molecule has 0 aromatic heterocycles. The third-order valence-corrected chi connectivity index (χ3v) is 1.67. The Balaban J connectivity index is 3.89. The van der Waals surface area contributed by atoms with E-state index in [1.165, 1.54) is 5.37 Å². The molecular weight excluding hydrogens is 124 g/mol. The predicted octanol–water partition coefficient (Wildman–Crippen LogP) is 0.714. The lowest BCUT2D eigenvalue weighted by Gasteiger charge is -1.92. The number of hydrogen-bond donors (Lipinski definition) is 0. The molecule has 0 heterocycles. The van der Waals surface area contributed by atoms with Crippen LogP contribution in [0.4, 0.5) is 0 Å². The molecule has 8 heavy (non-hydrogen) atoms. The maximum atomic E-state index is 9.91. The van der Waals surface area contributed by atoms with Crippen molar-refractivity contribution >= 4 is 15.7 Å². The minimum Gasteiger partial charge on any atom is -0.185 e. The standard InChI is InChI=1S/C5H10O2S/c1-3-5(2)4-8(6)7/h4-5H,3H2,1-2H3. The van der Waals surface area contributed by atoms with Gasteiger partial charge in [0.1, 0.15) is 0 Å². The molecule has 0 saturated carbocycles. The van der Waals surface area contributed by atoms with Gasteiger partial charge < -0.3 is 0 Å². The SMILES string of the molecule is CCC(C)C=S(=O)=O. The zero-order valence-corrected chi connectivity index (χ0v) is 5.90. The van der Waals surface area contributed by atoms with Crippen molar-refractivity contribution in [2.75, 3.05) is 0 Å². The fourth-order valence-electron chi connectivity index (χ4n) is 0.286. The lowest BCUT2D eigenvalue weighted by atomic mass is 10.2. The summed E-state index contributed by atoms with van der Waals surface area (Å²) >= 11 is 0. The molecule has 0 rings (SSSR count). The molecule has 2 nitrogen and oxygen atoms in total. The van der Waals surface area contributed by atoms with E-state index in [0.717, 1.165) is 6.42 Å². The second kappa shape index (κ2) is 3.66. The predicted molar refractivity (Wildman–Crippen MR) is 34.4 cm³/mol. The second-order valence-corrected chi connectivity index (χ2v) is 2.58. The van der Waals surface area contributed by atoms with Gasteiger partial charge in [0.15, 0.2) is 0 Å². The Bertz CT molecular complexity index is 159. The fourth-order valence-corrected chi connectivity index (χ4v) is 0.858. The Hall–Kier alpha value is -0.310. The van der Waals surface area contributed by atoms with Gasteiger partial charge in [0.25, 0.3) is 0 Å². The van der Waals surface area contributed by atoms with Gasteiger partial charge in [-0.05, 0) is 12.3 Å². The summed E-state index contributed by atoms with van der Waals surface area (Å²) < 4.78 is 19.8. The van der Waals surface area contributed by atoms with E-state index >= 15 is 0 Å². The molecule has 1 atom stereocenters. The van der Waals surface area contributed by atoms with Crippen LogP contribution in [0.2, 0.25) is 0 Å². The molecule has 0 saturated heterocycles. The maximum Gasteiger partial charge on any atom is 0.210 e. The normalized spacial score (nSPS) is 12.8. The van der Waals surface area contributed by atoms with E-state index in [1.807, 2.05) is 13.8 Å². The van der Waals surface area contributed by atoms with Gasteiger partial charge in [-0.3, -0.25) is 0 Å². The largest absolute Gasteiger partial charge is 0.210 e. The van der Waals surface area contributed by atoms with Gasteiger partial charge in [0.2, 0.25) is 10.3 Å². The van der Waals surface area contributed by atoms with Crippen LogP contribution in [-0.2, 0) is 10.3 Å². The van der Waals surface area contributed by atoms with Crippen molar-refractivity contribution in [1.29, 1.82) is 0 Å². The van der Waals surface area contributed by atoms with Crippen molar-refractivity contribution in [3.8, 4) is 0 Å². The summed E-state index contributed by atoms with van der Waals surface area (Å²) in [6.45, 7) is 3.82. The van der Waals surface area contributed by atoms with Gasteiger partial charge in [-0.1, -0.05) is 13.8 Å². The first-order chi connectivity index (χ1) is 3.66. The van der Waals surface area contributed by atoms with Crippen LogP contribution in [-0.4, -0.2) is 13.8 Å². The molecule has 48 valence electrons. The molecule has 0 aliphatic rings. The summed E-state index contributed by atoms with van der Waals surface area (Å²) in [5, 5.41) is 1.31.